The van der Waals surface area contributed by atoms with Crippen molar-refractivity contribution in [3.63, 3.8) is 0 Å². The van der Waals surface area contributed by atoms with Crippen LogP contribution < -0.4 is 14.4 Å². The fourth-order valence-electron chi connectivity index (χ4n) is 6.75. The second kappa shape index (κ2) is 15.2. The quantitative estimate of drug-likeness (QED) is 0.256. The molecule has 7 heteroatoms. The highest BCUT2D eigenvalue weighted by molar-refractivity contribution is 7.98. The molecule has 1 amide bonds. The van der Waals surface area contributed by atoms with E-state index in [0.717, 1.165) is 61.7 Å². The number of nitrogens with one attached hydrogen (secondary N) is 1. The van der Waals surface area contributed by atoms with E-state index in [4.69, 9.17) is 21.1 Å². The van der Waals surface area contributed by atoms with Crippen molar-refractivity contribution in [3.8, 4) is 5.75 Å². The van der Waals surface area contributed by atoms with E-state index in [1.165, 1.54) is 23.1 Å². The van der Waals surface area contributed by atoms with Gasteiger partial charge in [-0.05, 0) is 97.3 Å². The third kappa shape index (κ3) is 8.12. The number of allylic oxidation sites excluding steroid dienone is 1. The van der Waals surface area contributed by atoms with Crippen LogP contribution in [0.2, 0.25) is 5.02 Å². The number of benzene rings is 2. The SMILES string of the molecule is CCCc1cc(Cl)ccc1[C@@H]1COc2ccc3cc2N(CC(C)[C@@H](CCC)[C@@](C)(OC)/C=C/CC(C)[C@@H](C)SNC3=O)C1. The lowest BCUT2D eigenvalue weighted by Gasteiger charge is -2.41. The van der Waals surface area contributed by atoms with Crippen molar-refractivity contribution in [2.75, 3.05) is 31.7 Å². The first kappa shape index (κ1) is 33.7. The first-order valence-electron chi connectivity index (χ1n) is 16.1. The second-order valence-corrected chi connectivity index (χ2v) is 14.4. The maximum absolute atomic E-state index is 13.4. The van der Waals surface area contributed by atoms with Crippen molar-refractivity contribution < 1.29 is 14.3 Å². The van der Waals surface area contributed by atoms with Crippen molar-refractivity contribution >= 4 is 35.1 Å². The van der Waals surface area contributed by atoms with Gasteiger partial charge in [0.25, 0.3) is 5.91 Å². The number of hydrogen-bond acceptors (Lipinski definition) is 5. The number of hydrogen-bond donors (Lipinski definition) is 1. The smallest absolute Gasteiger partial charge is 0.261 e. The third-order valence-electron chi connectivity index (χ3n) is 9.57. The summed E-state index contributed by atoms with van der Waals surface area (Å²) in [4.78, 5) is 15.8. The monoisotopic (exact) mass is 626 g/mol. The number of fused-ring (bicyclic) bond motifs is 1. The number of rotatable bonds is 6. The molecule has 2 aliphatic heterocycles. The van der Waals surface area contributed by atoms with Gasteiger partial charge in [-0.2, -0.15) is 0 Å². The molecule has 0 fully saturated rings. The van der Waals surface area contributed by atoms with Gasteiger partial charge < -0.3 is 14.4 Å². The summed E-state index contributed by atoms with van der Waals surface area (Å²) in [6.07, 6.45) is 9.71. The van der Waals surface area contributed by atoms with Crippen molar-refractivity contribution in [2.24, 2.45) is 17.8 Å². The standard InChI is InChI=1S/C36H51ClN2O3S/c1-8-11-27-19-30(37)15-16-31(27)29-22-39-21-25(4)32(12-9-2)36(6,41-7)18-10-13-24(3)26(5)43-38-35(40)28-14-17-34(42-23-29)33(39)20-28/h10,14-20,24-26,29,32H,8-9,11-13,21-23H2,1-7H3,(H,38,40)/b18-10+/t24?,25?,26-,29+,32-,36+/m1/s1. The van der Waals surface area contributed by atoms with E-state index in [0.29, 0.717) is 29.9 Å². The molecule has 2 bridgehead atoms. The molecular formula is C36H51ClN2O3S. The molecule has 4 rings (SSSR count). The zero-order valence-corrected chi connectivity index (χ0v) is 28.7. The lowest BCUT2D eigenvalue weighted by Crippen LogP contribution is -2.43. The van der Waals surface area contributed by atoms with E-state index in [1.807, 2.05) is 31.4 Å². The largest absolute Gasteiger partial charge is 0.491 e. The number of halogens is 1. The van der Waals surface area contributed by atoms with Gasteiger partial charge in [0.1, 0.15) is 5.75 Å². The number of nitrogens with zero attached hydrogens (tertiary/aromatic N) is 1. The lowest BCUT2D eigenvalue weighted by molar-refractivity contribution is -0.0251. The molecule has 0 aromatic heterocycles. The second-order valence-electron chi connectivity index (χ2n) is 12.8. The first-order valence-corrected chi connectivity index (χ1v) is 17.3. The Labute approximate surface area is 269 Å². The number of amides is 1. The van der Waals surface area contributed by atoms with Crippen LogP contribution in [0.25, 0.3) is 0 Å². The Hall–Kier alpha value is -2.15. The summed E-state index contributed by atoms with van der Waals surface area (Å²) in [6, 6.07) is 12.2. The van der Waals surface area contributed by atoms with Gasteiger partial charge in [-0.1, -0.05) is 77.3 Å². The summed E-state index contributed by atoms with van der Waals surface area (Å²) in [5.41, 5.74) is 3.84. The molecule has 2 heterocycles. The summed E-state index contributed by atoms with van der Waals surface area (Å²) in [7, 11) is 1.85. The minimum Gasteiger partial charge on any atom is -0.491 e. The molecule has 0 radical (unpaired) electrons. The van der Waals surface area contributed by atoms with Crippen LogP contribution in [-0.4, -0.2) is 43.6 Å². The first-order chi connectivity index (χ1) is 20.6. The number of carbonyl (C=O) groups is 1. The van der Waals surface area contributed by atoms with Crippen LogP contribution in [0, 0.1) is 17.8 Å². The Morgan fingerprint density at radius 3 is 2.60 bits per heavy atom. The van der Waals surface area contributed by atoms with Gasteiger partial charge in [-0.15, -0.1) is 0 Å². The highest BCUT2D eigenvalue weighted by Gasteiger charge is 2.37. The Bertz CT molecular complexity index is 1270. The van der Waals surface area contributed by atoms with E-state index in [1.54, 1.807) is 0 Å². The Morgan fingerprint density at radius 2 is 1.88 bits per heavy atom. The van der Waals surface area contributed by atoms with E-state index in [-0.39, 0.29) is 22.7 Å². The van der Waals surface area contributed by atoms with Crippen LogP contribution in [0.4, 0.5) is 5.69 Å². The molecule has 43 heavy (non-hydrogen) atoms. The molecule has 236 valence electrons. The molecule has 1 N–H and O–H groups in total. The Kier molecular flexibility index (Phi) is 11.9. The molecule has 0 saturated carbocycles. The van der Waals surface area contributed by atoms with Gasteiger partial charge >= 0.3 is 0 Å². The maximum Gasteiger partial charge on any atom is 0.261 e. The molecule has 2 unspecified atom stereocenters. The van der Waals surface area contributed by atoms with Gasteiger partial charge in [0, 0.05) is 42.0 Å². The molecule has 0 saturated heterocycles. The third-order valence-corrected chi connectivity index (χ3v) is 10.9. The van der Waals surface area contributed by atoms with E-state index >= 15 is 0 Å². The number of methoxy groups -OCH3 is 1. The van der Waals surface area contributed by atoms with Crippen molar-refractivity contribution in [3.05, 3.63) is 70.3 Å². The molecule has 2 aromatic rings. The predicted molar refractivity (Wildman–Crippen MR) is 183 cm³/mol. The van der Waals surface area contributed by atoms with Crippen LogP contribution in [0.5, 0.6) is 5.75 Å². The average Bonchev–Trinajstić information content (AvgIpc) is 3.17. The van der Waals surface area contributed by atoms with Crippen molar-refractivity contribution in [1.29, 1.82) is 0 Å². The molecule has 0 aliphatic carbocycles. The normalized spacial score (nSPS) is 29.3. The lowest BCUT2D eigenvalue weighted by atomic mass is 9.76. The topological polar surface area (TPSA) is 50.8 Å². The molecule has 2 aliphatic rings. The van der Waals surface area contributed by atoms with Gasteiger partial charge in [0.2, 0.25) is 0 Å². The highest BCUT2D eigenvalue weighted by atomic mass is 35.5. The number of ether oxygens (including phenoxy) is 2. The van der Waals surface area contributed by atoms with Gasteiger partial charge in [-0.25, -0.2) is 0 Å². The molecule has 5 nitrogen and oxygen atoms in total. The number of anilines is 1. The van der Waals surface area contributed by atoms with Gasteiger partial charge in [0.15, 0.2) is 0 Å². The van der Waals surface area contributed by atoms with Crippen molar-refractivity contribution in [2.45, 2.75) is 90.4 Å². The molecule has 6 atom stereocenters. The summed E-state index contributed by atoms with van der Waals surface area (Å²) in [5.74, 6) is 1.96. The summed E-state index contributed by atoms with van der Waals surface area (Å²) >= 11 is 7.95. The van der Waals surface area contributed by atoms with Gasteiger partial charge in [0.05, 0.1) is 17.9 Å². The summed E-state index contributed by atoms with van der Waals surface area (Å²) < 4.78 is 16.0. The minimum atomic E-state index is -0.381. The van der Waals surface area contributed by atoms with Crippen LogP contribution in [0.15, 0.2) is 48.6 Å². The Balaban J connectivity index is 1.79. The predicted octanol–water partition coefficient (Wildman–Crippen LogP) is 9.10. The Morgan fingerprint density at radius 1 is 1.09 bits per heavy atom. The highest BCUT2D eigenvalue weighted by Crippen LogP contribution is 2.40. The number of carbonyl (C=O) groups excluding carboxylic acids is 1. The van der Waals surface area contributed by atoms with Crippen LogP contribution >= 0.6 is 23.5 Å². The summed E-state index contributed by atoms with van der Waals surface area (Å²) in [6.45, 7) is 15.7. The summed E-state index contributed by atoms with van der Waals surface area (Å²) in [5, 5.41) is 1.04. The van der Waals surface area contributed by atoms with Crippen LogP contribution in [-0.2, 0) is 11.2 Å². The molecule has 2 aromatic carbocycles. The maximum atomic E-state index is 13.4. The average molecular weight is 627 g/mol. The minimum absolute atomic E-state index is 0.0676. The van der Waals surface area contributed by atoms with Crippen LogP contribution in [0.3, 0.4) is 0 Å². The van der Waals surface area contributed by atoms with Crippen LogP contribution in [0.1, 0.15) is 94.6 Å². The number of aryl methyl sites for hydroxylation is 1. The van der Waals surface area contributed by atoms with E-state index in [2.05, 4.69) is 75.4 Å². The van der Waals surface area contributed by atoms with E-state index < -0.39 is 0 Å². The zero-order chi connectivity index (χ0) is 31.1. The van der Waals surface area contributed by atoms with Crippen molar-refractivity contribution in [1.82, 2.24) is 4.72 Å². The molecular weight excluding hydrogens is 576 g/mol. The molecule has 0 spiro atoms. The fraction of sp³-hybridized carbons (Fsp3) is 0.583. The fourth-order valence-corrected chi connectivity index (χ4v) is 7.70. The zero-order valence-electron chi connectivity index (χ0n) is 27.1. The van der Waals surface area contributed by atoms with Gasteiger partial charge in [-0.3, -0.25) is 9.52 Å². The van der Waals surface area contributed by atoms with E-state index in [9.17, 15) is 4.79 Å².